The Labute approximate surface area is 215 Å². The molecular formula is C25H37BrN2O5S. The standard InChI is InChI=1S/C25H37BrN2O5S/c1-4-7-9-12-27(11-6-3)23(31)21-25-16-17(26)20(34-25)18(24(32)33-15-8-5-2)19(25)22(30)28(21)13-10-14-29/h5-6,17-21,29H,2-4,7-16H2,1H3/t17?,18-,19-,20-,21?,25?/m0/s1. The number of aliphatic hydroxyl groups is 1. The smallest absolute Gasteiger partial charge is 0.310 e. The fourth-order valence-corrected chi connectivity index (χ4v) is 9.27. The Balaban J connectivity index is 1.95. The Morgan fingerprint density at radius 1 is 1.32 bits per heavy atom. The SMILES string of the molecule is C=CCCOC(=O)[C@H]1[C@H]2C(=O)N(CCCO)C(C(=O)N(CC=C)CCCCC)C23CC(Br)[C@@H]1S3. The van der Waals surface area contributed by atoms with Crippen LogP contribution in [0.2, 0.25) is 0 Å². The average Bonchev–Trinajstić information content (AvgIpc) is 3.40. The van der Waals surface area contributed by atoms with E-state index in [1.54, 1.807) is 33.7 Å². The lowest BCUT2D eigenvalue weighted by atomic mass is 9.71. The number of thioether (sulfide) groups is 1. The van der Waals surface area contributed by atoms with Crippen molar-refractivity contribution in [2.24, 2.45) is 11.8 Å². The third-order valence-corrected chi connectivity index (χ3v) is 10.3. The quantitative estimate of drug-likeness (QED) is 0.153. The highest BCUT2D eigenvalue weighted by atomic mass is 79.9. The van der Waals surface area contributed by atoms with Crippen molar-refractivity contribution in [2.75, 3.05) is 32.8 Å². The minimum atomic E-state index is -0.686. The Morgan fingerprint density at radius 2 is 2.09 bits per heavy atom. The number of likely N-dealkylation sites (tertiary alicyclic amines) is 1. The maximum Gasteiger partial charge on any atom is 0.310 e. The number of fused-ring (bicyclic) bond motifs is 1. The van der Waals surface area contributed by atoms with Crippen LogP contribution in [0.1, 0.15) is 45.4 Å². The normalized spacial score (nSPS) is 31.4. The summed E-state index contributed by atoms with van der Waals surface area (Å²) in [6.45, 7) is 11.1. The third kappa shape index (κ3) is 4.98. The fraction of sp³-hybridized carbons (Fsp3) is 0.720. The number of hydrogen-bond donors (Lipinski definition) is 1. The molecule has 3 fully saturated rings. The van der Waals surface area contributed by atoms with Gasteiger partial charge in [0.1, 0.15) is 6.04 Å². The molecule has 3 aliphatic heterocycles. The number of nitrogens with zero attached hydrogens (tertiary/aromatic N) is 2. The molecule has 0 aromatic rings. The second kappa shape index (κ2) is 12.1. The first-order valence-electron chi connectivity index (χ1n) is 12.3. The predicted molar refractivity (Wildman–Crippen MR) is 138 cm³/mol. The first-order valence-corrected chi connectivity index (χ1v) is 14.1. The fourth-order valence-electron chi connectivity index (χ4n) is 5.67. The number of rotatable bonds is 14. The minimum Gasteiger partial charge on any atom is -0.465 e. The van der Waals surface area contributed by atoms with E-state index in [1.807, 2.05) is 0 Å². The average molecular weight is 558 g/mol. The molecule has 2 bridgehead atoms. The van der Waals surface area contributed by atoms with E-state index in [9.17, 15) is 19.5 Å². The van der Waals surface area contributed by atoms with Crippen molar-refractivity contribution < 1.29 is 24.2 Å². The number of carbonyl (C=O) groups is 3. The summed E-state index contributed by atoms with van der Waals surface area (Å²) in [5.74, 6) is -1.81. The van der Waals surface area contributed by atoms with Gasteiger partial charge in [0.15, 0.2) is 0 Å². The molecule has 0 aliphatic carbocycles. The van der Waals surface area contributed by atoms with Gasteiger partial charge in [0.25, 0.3) is 0 Å². The lowest BCUT2D eigenvalue weighted by molar-refractivity contribution is -0.154. The van der Waals surface area contributed by atoms with E-state index in [0.717, 1.165) is 19.3 Å². The summed E-state index contributed by atoms with van der Waals surface area (Å²) in [6, 6.07) is -0.667. The van der Waals surface area contributed by atoms with Crippen molar-refractivity contribution in [1.82, 2.24) is 9.80 Å². The van der Waals surface area contributed by atoms with Crippen molar-refractivity contribution >= 4 is 45.5 Å². The van der Waals surface area contributed by atoms with Gasteiger partial charge in [0.05, 0.1) is 23.2 Å². The van der Waals surface area contributed by atoms with Crippen LogP contribution < -0.4 is 0 Å². The van der Waals surface area contributed by atoms with Crippen molar-refractivity contribution in [2.45, 2.75) is 66.3 Å². The number of amides is 2. The summed E-state index contributed by atoms with van der Waals surface area (Å²) in [7, 11) is 0. The zero-order chi connectivity index (χ0) is 24.9. The van der Waals surface area contributed by atoms with Gasteiger partial charge in [0, 0.05) is 36.3 Å². The molecule has 2 amide bonds. The molecular weight excluding hydrogens is 520 g/mol. The molecule has 34 heavy (non-hydrogen) atoms. The van der Waals surface area contributed by atoms with Gasteiger partial charge in [-0.2, -0.15) is 0 Å². The van der Waals surface area contributed by atoms with Crippen LogP contribution in [0.5, 0.6) is 0 Å². The van der Waals surface area contributed by atoms with E-state index in [4.69, 9.17) is 4.74 Å². The molecule has 9 heteroatoms. The lowest BCUT2D eigenvalue weighted by Crippen LogP contribution is -2.55. The van der Waals surface area contributed by atoms with E-state index in [2.05, 4.69) is 36.0 Å². The van der Waals surface area contributed by atoms with Crippen LogP contribution in [0.15, 0.2) is 25.3 Å². The van der Waals surface area contributed by atoms with Gasteiger partial charge in [-0.05, 0) is 25.7 Å². The number of hydrogen-bond acceptors (Lipinski definition) is 6. The molecule has 6 atom stereocenters. The highest BCUT2D eigenvalue weighted by molar-refractivity contribution is 9.09. The summed E-state index contributed by atoms with van der Waals surface area (Å²) in [4.78, 5) is 44.4. The molecule has 3 heterocycles. The molecule has 0 aromatic carbocycles. The molecule has 3 saturated heterocycles. The summed E-state index contributed by atoms with van der Waals surface area (Å²) in [5, 5.41) is 9.35. The number of alkyl halides is 1. The maximum absolute atomic E-state index is 14.0. The third-order valence-electron chi connectivity index (χ3n) is 7.11. The minimum absolute atomic E-state index is 0.0135. The van der Waals surface area contributed by atoms with Gasteiger partial charge in [-0.15, -0.1) is 24.9 Å². The number of esters is 1. The van der Waals surface area contributed by atoms with Gasteiger partial charge in [-0.1, -0.05) is 47.8 Å². The van der Waals surface area contributed by atoms with Gasteiger partial charge < -0.3 is 19.6 Å². The highest BCUT2D eigenvalue weighted by Crippen LogP contribution is 2.68. The molecule has 3 aliphatic rings. The van der Waals surface area contributed by atoms with Crippen LogP contribution in [0, 0.1) is 11.8 Å². The number of carbonyl (C=O) groups excluding carboxylic acids is 3. The highest BCUT2D eigenvalue weighted by Gasteiger charge is 2.76. The van der Waals surface area contributed by atoms with E-state index in [0.29, 0.717) is 32.4 Å². The Morgan fingerprint density at radius 3 is 2.74 bits per heavy atom. The second-order valence-corrected chi connectivity index (χ2v) is 12.0. The second-order valence-electron chi connectivity index (χ2n) is 9.30. The Hall–Kier alpha value is -1.32. The Bertz CT molecular complexity index is 795. The van der Waals surface area contributed by atoms with Crippen LogP contribution in [-0.2, 0) is 19.1 Å². The van der Waals surface area contributed by atoms with E-state index < -0.39 is 22.6 Å². The van der Waals surface area contributed by atoms with Crippen LogP contribution in [0.4, 0.5) is 0 Å². The van der Waals surface area contributed by atoms with Gasteiger partial charge >= 0.3 is 5.97 Å². The number of halogens is 1. The van der Waals surface area contributed by atoms with Gasteiger partial charge in [0.2, 0.25) is 11.8 Å². The van der Waals surface area contributed by atoms with Crippen molar-refractivity contribution in [1.29, 1.82) is 0 Å². The molecule has 3 rings (SSSR count). The first kappa shape index (κ1) is 27.3. The van der Waals surface area contributed by atoms with E-state index in [1.165, 1.54) is 0 Å². The van der Waals surface area contributed by atoms with Crippen LogP contribution in [0.25, 0.3) is 0 Å². The predicted octanol–water partition coefficient (Wildman–Crippen LogP) is 3.16. The summed E-state index contributed by atoms with van der Waals surface area (Å²) >= 11 is 5.36. The largest absolute Gasteiger partial charge is 0.465 e. The number of unbranched alkanes of at least 4 members (excludes halogenated alkanes) is 2. The molecule has 1 spiro atoms. The summed E-state index contributed by atoms with van der Waals surface area (Å²) < 4.78 is 4.83. The molecule has 0 radical (unpaired) electrons. The molecule has 190 valence electrons. The zero-order valence-corrected chi connectivity index (χ0v) is 22.4. The number of ether oxygens (including phenoxy) is 1. The van der Waals surface area contributed by atoms with Crippen LogP contribution in [-0.4, -0.2) is 86.4 Å². The maximum atomic E-state index is 14.0. The van der Waals surface area contributed by atoms with Crippen LogP contribution in [0.3, 0.4) is 0 Å². The summed E-state index contributed by atoms with van der Waals surface area (Å²) in [6.07, 6.45) is 7.94. The number of aliphatic hydroxyl groups excluding tert-OH is 1. The monoisotopic (exact) mass is 556 g/mol. The van der Waals surface area contributed by atoms with E-state index in [-0.39, 0.29) is 47.6 Å². The molecule has 0 aromatic heterocycles. The summed E-state index contributed by atoms with van der Waals surface area (Å²) in [5.41, 5.74) is 0. The molecule has 1 N–H and O–H groups in total. The Kier molecular flexibility index (Phi) is 9.69. The zero-order valence-electron chi connectivity index (χ0n) is 20.0. The molecule has 0 saturated carbocycles. The van der Waals surface area contributed by atoms with Crippen molar-refractivity contribution in [3.63, 3.8) is 0 Å². The van der Waals surface area contributed by atoms with Crippen LogP contribution >= 0.6 is 27.7 Å². The first-order chi connectivity index (χ1) is 16.4. The van der Waals surface area contributed by atoms with Gasteiger partial charge in [-0.25, -0.2) is 0 Å². The van der Waals surface area contributed by atoms with Gasteiger partial charge in [-0.3, -0.25) is 14.4 Å². The van der Waals surface area contributed by atoms with Crippen molar-refractivity contribution in [3.8, 4) is 0 Å². The molecule has 3 unspecified atom stereocenters. The molecule has 7 nitrogen and oxygen atoms in total. The topological polar surface area (TPSA) is 87.1 Å². The van der Waals surface area contributed by atoms with Crippen molar-refractivity contribution in [3.05, 3.63) is 25.3 Å². The van der Waals surface area contributed by atoms with E-state index >= 15 is 0 Å². The lowest BCUT2D eigenvalue weighted by Gasteiger charge is -2.37.